The van der Waals surface area contributed by atoms with E-state index < -0.39 is 0 Å². The van der Waals surface area contributed by atoms with Gasteiger partial charge in [-0.3, -0.25) is 4.79 Å². The van der Waals surface area contributed by atoms with Crippen molar-refractivity contribution in [3.8, 4) is 0 Å². The van der Waals surface area contributed by atoms with Gasteiger partial charge in [-0.1, -0.05) is 57.8 Å². The van der Waals surface area contributed by atoms with Crippen molar-refractivity contribution in [2.24, 2.45) is 5.92 Å². The number of carbonyl (C=O) groups is 1. The summed E-state index contributed by atoms with van der Waals surface area (Å²) in [4.78, 5) is 11.5. The Labute approximate surface area is 113 Å². The Balaban J connectivity index is 2.49. The zero-order chi connectivity index (χ0) is 12.1. The van der Waals surface area contributed by atoms with Crippen LogP contribution in [0.5, 0.6) is 0 Å². The molecule has 2 nitrogen and oxygen atoms in total. The third-order valence-corrected chi connectivity index (χ3v) is 4.16. The van der Waals surface area contributed by atoms with Crippen LogP contribution >= 0.6 is 31.9 Å². The SMILES string of the molecule is CC(C)C(Br)C(=O)NCc1cccc(Br)c1. The first-order chi connectivity index (χ1) is 7.50. The van der Waals surface area contributed by atoms with Gasteiger partial charge in [-0.2, -0.15) is 0 Å². The monoisotopic (exact) mass is 347 g/mol. The van der Waals surface area contributed by atoms with Crippen LogP contribution in [0.1, 0.15) is 19.4 Å². The lowest BCUT2D eigenvalue weighted by molar-refractivity contribution is -0.121. The normalized spacial score (nSPS) is 12.6. The number of alkyl halides is 1. The Kier molecular flexibility index (Phi) is 5.49. The second kappa shape index (κ2) is 6.40. The van der Waals surface area contributed by atoms with Crippen molar-refractivity contribution in [1.29, 1.82) is 0 Å². The van der Waals surface area contributed by atoms with E-state index in [0.29, 0.717) is 12.5 Å². The highest BCUT2D eigenvalue weighted by Gasteiger charge is 2.17. The molecule has 1 aromatic rings. The summed E-state index contributed by atoms with van der Waals surface area (Å²) in [6.07, 6.45) is 0. The van der Waals surface area contributed by atoms with E-state index >= 15 is 0 Å². The molecule has 0 aliphatic rings. The van der Waals surface area contributed by atoms with Crippen LogP contribution in [0.15, 0.2) is 28.7 Å². The van der Waals surface area contributed by atoms with Crippen molar-refractivity contribution in [2.45, 2.75) is 25.2 Å². The summed E-state index contributed by atoms with van der Waals surface area (Å²) in [5.74, 6) is 0.331. The highest BCUT2D eigenvalue weighted by Crippen LogP contribution is 2.13. The van der Waals surface area contributed by atoms with Gasteiger partial charge in [0.1, 0.15) is 0 Å². The van der Waals surface area contributed by atoms with Crippen molar-refractivity contribution in [1.82, 2.24) is 5.32 Å². The summed E-state index contributed by atoms with van der Waals surface area (Å²) in [5, 5.41) is 2.90. The van der Waals surface area contributed by atoms with Crippen molar-refractivity contribution in [3.05, 3.63) is 34.3 Å². The lowest BCUT2D eigenvalue weighted by Gasteiger charge is -2.13. The molecular formula is C12H15Br2NO. The lowest BCUT2D eigenvalue weighted by Crippen LogP contribution is -2.33. The molecule has 1 rings (SSSR count). The Morgan fingerprint density at radius 1 is 1.44 bits per heavy atom. The van der Waals surface area contributed by atoms with E-state index in [4.69, 9.17) is 0 Å². The second-order valence-corrected chi connectivity index (χ2v) is 5.90. The Morgan fingerprint density at radius 2 is 2.12 bits per heavy atom. The minimum atomic E-state index is -0.125. The third kappa shape index (κ3) is 4.26. The summed E-state index contributed by atoms with van der Waals surface area (Å²) in [5.41, 5.74) is 1.09. The summed E-state index contributed by atoms with van der Waals surface area (Å²) in [6.45, 7) is 4.59. The van der Waals surface area contributed by atoms with Crippen molar-refractivity contribution in [3.63, 3.8) is 0 Å². The fourth-order valence-electron chi connectivity index (χ4n) is 1.24. The van der Waals surface area contributed by atoms with E-state index in [1.165, 1.54) is 0 Å². The largest absolute Gasteiger partial charge is 0.351 e. The number of carbonyl (C=O) groups excluding carboxylic acids is 1. The smallest absolute Gasteiger partial charge is 0.234 e. The Hall–Kier alpha value is -0.350. The quantitative estimate of drug-likeness (QED) is 0.829. The minimum absolute atomic E-state index is 0.0370. The van der Waals surface area contributed by atoms with Crippen LogP contribution in [0.3, 0.4) is 0 Å². The molecule has 0 aromatic heterocycles. The maximum Gasteiger partial charge on any atom is 0.234 e. The minimum Gasteiger partial charge on any atom is -0.351 e. The topological polar surface area (TPSA) is 29.1 Å². The molecule has 0 bridgehead atoms. The molecule has 0 fully saturated rings. The van der Waals surface area contributed by atoms with Crippen LogP contribution in [0.4, 0.5) is 0 Å². The molecule has 1 amide bonds. The van der Waals surface area contributed by atoms with E-state index in [9.17, 15) is 4.79 Å². The molecule has 0 saturated carbocycles. The molecule has 4 heteroatoms. The van der Waals surface area contributed by atoms with Crippen LogP contribution in [-0.2, 0) is 11.3 Å². The number of amides is 1. The first-order valence-electron chi connectivity index (χ1n) is 5.17. The average Bonchev–Trinajstić information content (AvgIpc) is 2.24. The maximum absolute atomic E-state index is 11.7. The zero-order valence-electron chi connectivity index (χ0n) is 9.34. The molecule has 1 aromatic carbocycles. The van der Waals surface area contributed by atoms with E-state index in [1.807, 2.05) is 38.1 Å². The van der Waals surface area contributed by atoms with Gasteiger partial charge in [0, 0.05) is 11.0 Å². The van der Waals surface area contributed by atoms with Gasteiger partial charge < -0.3 is 5.32 Å². The van der Waals surface area contributed by atoms with Crippen molar-refractivity contribution < 1.29 is 4.79 Å². The second-order valence-electron chi connectivity index (χ2n) is 3.99. The van der Waals surface area contributed by atoms with Gasteiger partial charge in [-0.25, -0.2) is 0 Å². The van der Waals surface area contributed by atoms with Crippen LogP contribution in [0.25, 0.3) is 0 Å². The Bertz CT molecular complexity index is 366. The molecule has 0 spiro atoms. The van der Waals surface area contributed by atoms with E-state index in [1.54, 1.807) is 0 Å². The van der Waals surface area contributed by atoms with Crippen molar-refractivity contribution >= 4 is 37.8 Å². The number of halogens is 2. The molecule has 0 heterocycles. The molecule has 0 aliphatic carbocycles. The number of benzene rings is 1. The molecular weight excluding hydrogens is 334 g/mol. The van der Waals surface area contributed by atoms with Crippen LogP contribution in [0.2, 0.25) is 0 Å². The van der Waals surface area contributed by atoms with Gasteiger partial charge in [0.05, 0.1) is 4.83 Å². The third-order valence-electron chi connectivity index (χ3n) is 2.19. The zero-order valence-corrected chi connectivity index (χ0v) is 12.5. The predicted octanol–water partition coefficient (Wildman–Crippen LogP) is 3.48. The summed E-state index contributed by atoms with van der Waals surface area (Å²) in [6, 6.07) is 7.91. The molecule has 0 radical (unpaired) electrons. The fraction of sp³-hybridized carbons (Fsp3) is 0.417. The fourth-order valence-corrected chi connectivity index (χ4v) is 1.84. The summed E-state index contributed by atoms with van der Waals surface area (Å²) < 4.78 is 1.03. The first-order valence-corrected chi connectivity index (χ1v) is 6.88. The molecule has 1 unspecified atom stereocenters. The van der Waals surface area contributed by atoms with Gasteiger partial charge in [0.15, 0.2) is 0 Å². The Morgan fingerprint density at radius 3 is 2.69 bits per heavy atom. The lowest BCUT2D eigenvalue weighted by atomic mass is 10.1. The molecule has 0 aliphatic heterocycles. The van der Waals surface area contributed by atoms with Crippen LogP contribution in [0, 0.1) is 5.92 Å². The molecule has 0 saturated heterocycles. The van der Waals surface area contributed by atoms with E-state index in [2.05, 4.69) is 37.2 Å². The summed E-state index contributed by atoms with van der Waals surface area (Å²) in [7, 11) is 0. The number of hydrogen-bond donors (Lipinski definition) is 1. The molecule has 88 valence electrons. The highest BCUT2D eigenvalue weighted by atomic mass is 79.9. The average molecular weight is 349 g/mol. The van der Waals surface area contributed by atoms with Gasteiger partial charge >= 0.3 is 0 Å². The standard InChI is InChI=1S/C12H15Br2NO/c1-8(2)11(14)12(16)15-7-9-4-3-5-10(13)6-9/h3-6,8,11H,7H2,1-2H3,(H,15,16). The molecule has 1 atom stereocenters. The first kappa shape index (κ1) is 13.7. The predicted molar refractivity (Wildman–Crippen MR) is 73.5 cm³/mol. The van der Waals surface area contributed by atoms with Gasteiger partial charge in [-0.15, -0.1) is 0 Å². The molecule has 16 heavy (non-hydrogen) atoms. The number of rotatable bonds is 4. The van der Waals surface area contributed by atoms with Crippen molar-refractivity contribution in [2.75, 3.05) is 0 Å². The van der Waals surface area contributed by atoms with E-state index in [0.717, 1.165) is 10.0 Å². The maximum atomic E-state index is 11.7. The molecule has 1 N–H and O–H groups in total. The van der Waals surface area contributed by atoms with E-state index in [-0.39, 0.29) is 10.7 Å². The number of hydrogen-bond acceptors (Lipinski definition) is 1. The summed E-state index contributed by atoms with van der Waals surface area (Å²) >= 11 is 6.77. The van der Waals surface area contributed by atoms with Gasteiger partial charge in [0.2, 0.25) is 5.91 Å². The van der Waals surface area contributed by atoms with Gasteiger partial charge in [-0.05, 0) is 23.6 Å². The number of nitrogens with one attached hydrogen (secondary N) is 1. The highest BCUT2D eigenvalue weighted by molar-refractivity contribution is 9.10. The van der Waals surface area contributed by atoms with Gasteiger partial charge in [0.25, 0.3) is 0 Å². The van der Waals surface area contributed by atoms with Crippen LogP contribution in [-0.4, -0.2) is 10.7 Å². The van der Waals surface area contributed by atoms with Crippen LogP contribution < -0.4 is 5.32 Å².